The van der Waals surface area contributed by atoms with Gasteiger partial charge >= 0.3 is 0 Å². The fraction of sp³-hybridized carbons (Fsp3) is 0.462. The van der Waals surface area contributed by atoms with Crippen molar-refractivity contribution < 1.29 is 4.42 Å². The molecule has 2 N–H and O–H groups in total. The summed E-state index contributed by atoms with van der Waals surface area (Å²) in [5, 5.41) is 3.21. The van der Waals surface area contributed by atoms with Crippen LogP contribution in [0.2, 0.25) is 0 Å². The standard InChI is InChI=1S/C13H18N2OS/c1-13(2,3)11-8-17-12(15-11)6-10(14)9-4-5-16-7-9/h4-5,7-8,10H,6,14H2,1-3H3. The minimum absolute atomic E-state index is 0.0345. The molecule has 2 rings (SSSR count). The smallest absolute Gasteiger partial charge is 0.0950 e. The topological polar surface area (TPSA) is 52.0 Å². The van der Waals surface area contributed by atoms with Crippen molar-refractivity contribution in [2.24, 2.45) is 5.73 Å². The number of thiazole rings is 1. The Morgan fingerprint density at radius 3 is 2.76 bits per heavy atom. The average molecular weight is 250 g/mol. The van der Waals surface area contributed by atoms with E-state index >= 15 is 0 Å². The van der Waals surface area contributed by atoms with E-state index in [4.69, 9.17) is 10.2 Å². The first-order chi connectivity index (χ1) is 7.97. The minimum Gasteiger partial charge on any atom is -0.472 e. The predicted molar refractivity (Wildman–Crippen MR) is 70.2 cm³/mol. The van der Waals surface area contributed by atoms with Crippen LogP contribution in [-0.2, 0) is 11.8 Å². The highest BCUT2D eigenvalue weighted by Crippen LogP contribution is 2.26. The molecule has 0 fully saturated rings. The Bertz CT molecular complexity index is 468. The van der Waals surface area contributed by atoms with Crippen LogP contribution in [0.25, 0.3) is 0 Å². The molecular weight excluding hydrogens is 232 g/mol. The largest absolute Gasteiger partial charge is 0.472 e. The van der Waals surface area contributed by atoms with Gasteiger partial charge in [-0.15, -0.1) is 11.3 Å². The second-order valence-electron chi connectivity index (χ2n) is 5.24. The molecule has 0 bridgehead atoms. The van der Waals surface area contributed by atoms with Gasteiger partial charge in [0.1, 0.15) is 0 Å². The van der Waals surface area contributed by atoms with E-state index in [-0.39, 0.29) is 11.5 Å². The van der Waals surface area contributed by atoms with Gasteiger partial charge in [-0.3, -0.25) is 0 Å². The van der Waals surface area contributed by atoms with Gasteiger partial charge < -0.3 is 10.2 Å². The Balaban J connectivity index is 2.07. The molecule has 2 aromatic heterocycles. The first-order valence-corrected chi connectivity index (χ1v) is 6.57. The van der Waals surface area contributed by atoms with E-state index in [2.05, 4.69) is 31.1 Å². The number of aromatic nitrogens is 1. The number of nitrogens with two attached hydrogens (primary N) is 1. The van der Waals surface area contributed by atoms with Crippen LogP contribution in [-0.4, -0.2) is 4.98 Å². The Hall–Kier alpha value is -1.13. The highest BCUT2D eigenvalue weighted by atomic mass is 32.1. The molecule has 17 heavy (non-hydrogen) atoms. The van der Waals surface area contributed by atoms with E-state index in [0.717, 1.165) is 22.7 Å². The van der Waals surface area contributed by atoms with E-state index in [1.165, 1.54) is 0 Å². The lowest BCUT2D eigenvalue weighted by Crippen LogP contribution is -2.14. The van der Waals surface area contributed by atoms with Crippen LogP contribution in [0.1, 0.15) is 43.1 Å². The molecule has 0 saturated heterocycles. The van der Waals surface area contributed by atoms with Crippen LogP contribution in [0.3, 0.4) is 0 Å². The zero-order valence-electron chi connectivity index (χ0n) is 10.4. The molecule has 0 saturated carbocycles. The molecule has 0 radical (unpaired) electrons. The Kier molecular flexibility index (Phi) is 3.35. The first-order valence-electron chi connectivity index (χ1n) is 5.69. The molecule has 2 aromatic rings. The van der Waals surface area contributed by atoms with Gasteiger partial charge in [0.25, 0.3) is 0 Å². The molecule has 0 aliphatic rings. The second-order valence-corrected chi connectivity index (χ2v) is 6.19. The van der Waals surface area contributed by atoms with Gasteiger partial charge in [-0.25, -0.2) is 4.98 Å². The third-order valence-electron chi connectivity index (χ3n) is 2.69. The number of nitrogens with zero attached hydrogens (tertiary/aromatic N) is 1. The molecule has 3 nitrogen and oxygen atoms in total. The van der Waals surface area contributed by atoms with Gasteiger partial charge in [-0.1, -0.05) is 20.8 Å². The maximum absolute atomic E-state index is 6.10. The Labute approximate surface area is 106 Å². The van der Waals surface area contributed by atoms with Crippen LogP contribution in [0.4, 0.5) is 0 Å². The van der Waals surface area contributed by atoms with Crippen molar-refractivity contribution in [3.05, 3.63) is 40.2 Å². The number of hydrogen-bond acceptors (Lipinski definition) is 4. The monoisotopic (exact) mass is 250 g/mol. The number of furan rings is 1. The molecule has 0 spiro atoms. The lowest BCUT2D eigenvalue weighted by molar-refractivity contribution is 0.556. The van der Waals surface area contributed by atoms with Crippen LogP contribution in [0.5, 0.6) is 0 Å². The quantitative estimate of drug-likeness (QED) is 0.909. The van der Waals surface area contributed by atoms with Crippen molar-refractivity contribution in [3.8, 4) is 0 Å². The van der Waals surface area contributed by atoms with Crippen molar-refractivity contribution in [1.82, 2.24) is 4.98 Å². The molecule has 2 heterocycles. The van der Waals surface area contributed by atoms with Crippen LogP contribution in [0.15, 0.2) is 28.4 Å². The molecule has 1 unspecified atom stereocenters. The van der Waals surface area contributed by atoms with Crippen LogP contribution in [0, 0.1) is 0 Å². The van der Waals surface area contributed by atoms with Gasteiger partial charge in [-0.05, 0) is 6.07 Å². The Morgan fingerprint density at radius 1 is 1.47 bits per heavy atom. The molecule has 0 amide bonds. The summed E-state index contributed by atoms with van der Waals surface area (Å²) in [5.74, 6) is 0. The predicted octanol–water partition coefficient (Wildman–Crippen LogP) is 3.28. The van der Waals surface area contributed by atoms with Gasteiger partial charge in [0.15, 0.2) is 0 Å². The summed E-state index contributed by atoms with van der Waals surface area (Å²) in [6, 6.07) is 1.87. The summed E-state index contributed by atoms with van der Waals surface area (Å²) < 4.78 is 5.04. The van der Waals surface area contributed by atoms with E-state index in [1.54, 1.807) is 23.9 Å². The highest BCUT2D eigenvalue weighted by Gasteiger charge is 2.18. The fourth-order valence-electron chi connectivity index (χ4n) is 1.54. The second kappa shape index (κ2) is 4.63. The molecule has 92 valence electrons. The third-order valence-corrected chi connectivity index (χ3v) is 3.56. The van der Waals surface area contributed by atoms with E-state index in [1.807, 2.05) is 6.07 Å². The summed E-state index contributed by atoms with van der Waals surface area (Å²) in [4.78, 5) is 4.64. The van der Waals surface area contributed by atoms with Crippen molar-refractivity contribution >= 4 is 11.3 Å². The van der Waals surface area contributed by atoms with Crippen molar-refractivity contribution in [2.45, 2.75) is 38.6 Å². The van der Waals surface area contributed by atoms with Gasteiger partial charge in [0.2, 0.25) is 0 Å². The molecule has 0 aliphatic carbocycles. The van der Waals surface area contributed by atoms with Gasteiger partial charge in [-0.2, -0.15) is 0 Å². The molecule has 1 atom stereocenters. The highest BCUT2D eigenvalue weighted by molar-refractivity contribution is 7.09. The normalized spacial score (nSPS) is 13.9. The van der Waals surface area contributed by atoms with Crippen LogP contribution >= 0.6 is 11.3 Å². The summed E-state index contributed by atoms with van der Waals surface area (Å²) in [5.41, 5.74) is 8.36. The fourth-order valence-corrected chi connectivity index (χ4v) is 2.62. The zero-order chi connectivity index (χ0) is 12.5. The van der Waals surface area contributed by atoms with Gasteiger partial charge in [0, 0.05) is 28.8 Å². The van der Waals surface area contributed by atoms with E-state index in [0.29, 0.717) is 0 Å². The lowest BCUT2D eigenvalue weighted by atomic mass is 9.93. The zero-order valence-corrected chi connectivity index (χ0v) is 11.3. The van der Waals surface area contributed by atoms with Gasteiger partial charge in [0.05, 0.1) is 23.2 Å². The molecule has 4 heteroatoms. The molecule has 0 aliphatic heterocycles. The maximum Gasteiger partial charge on any atom is 0.0950 e. The van der Waals surface area contributed by atoms with Crippen molar-refractivity contribution in [2.75, 3.05) is 0 Å². The summed E-state index contributed by atoms with van der Waals surface area (Å²) in [6.07, 6.45) is 4.11. The van der Waals surface area contributed by atoms with Crippen LogP contribution < -0.4 is 5.73 Å². The third kappa shape index (κ3) is 2.96. The molecule has 0 aromatic carbocycles. The van der Waals surface area contributed by atoms with Crippen molar-refractivity contribution in [1.29, 1.82) is 0 Å². The number of rotatable bonds is 3. The SMILES string of the molecule is CC(C)(C)c1csc(CC(N)c2ccoc2)n1. The maximum atomic E-state index is 6.10. The van der Waals surface area contributed by atoms with E-state index in [9.17, 15) is 0 Å². The molecular formula is C13H18N2OS. The lowest BCUT2D eigenvalue weighted by Gasteiger charge is -2.14. The summed E-state index contributed by atoms with van der Waals surface area (Å²) in [7, 11) is 0. The first kappa shape index (κ1) is 12.3. The number of hydrogen-bond donors (Lipinski definition) is 1. The van der Waals surface area contributed by atoms with E-state index < -0.39 is 0 Å². The summed E-state index contributed by atoms with van der Waals surface area (Å²) >= 11 is 1.68. The van der Waals surface area contributed by atoms with Crippen molar-refractivity contribution in [3.63, 3.8) is 0 Å². The summed E-state index contributed by atoms with van der Waals surface area (Å²) in [6.45, 7) is 6.51. The minimum atomic E-state index is -0.0345. The Morgan fingerprint density at radius 2 is 2.24 bits per heavy atom. The average Bonchev–Trinajstić information content (AvgIpc) is 2.85.